The number of carboxylic acids is 1. The normalized spacial score (nSPS) is 13.7. The molecule has 64 heavy (non-hydrogen) atoms. The van der Waals surface area contributed by atoms with E-state index in [2.05, 4.69) is 111 Å². The molecule has 8 heteroatoms. The number of hydrogen-bond donors (Lipinski definition) is 0. The summed E-state index contributed by atoms with van der Waals surface area (Å²) in [7, 11) is 5.39. The second-order valence-corrected chi connectivity index (χ2v) is 17.7. The lowest BCUT2D eigenvalue weighted by Gasteiger charge is -2.34. The zero-order valence-electron chi connectivity index (χ0n) is 41.4. The number of carbonyl (C=O) groups excluding carboxylic acids is 3. The van der Waals surface area contributed by atoms with Crippen LogP contribution in [0.4, 0.5) is 0 Å². The van der Waals surface area contributed by atoms with E-state index in [0.717, 1.165) is 83.5 Å². The van der Waals surface area contributed by atoms with Gasteiger partial charge in [-0.1, -0.05) is 169 Å². The van der Waals surface area contributed by atoms with Crippen LogP contribution in [-0.2, 0) is 28.6 Å². The molecular weight excluding hydrogens is 799 g/mol. The molecule has 0 N–H and O–H groups in total. The van der Waals surface area contributed by atoms with E-state index >= 15 is 0 Å². The zero-order chi connectivity index (χ0) is 47.0. The van der Waals surface area contributed by atoms with Crippen molar-refractivity contribution in [2.24, 2.45) is 0 Å². The monoisotopic (exact) mass is 892 g/mol. The number of unbranched alkanes of at least 4 members (excludes halogenated alkanes) is 14. The predicted octanol–water partition coefficient (Wildman–Crippen LogP) is 13.3. The van der Waals surface area contributed by atoms with Crippen molar-refractivity contribution in [1.82, 2.24) is 0 Å². The Morgan fingerprint density at radius 1 is 0.484 bits per heavy atom. The summed E-state index contributed by atoms with van der Waals surface area (Å²) in [5.74, 6) is -1.81. The molecule has 364 valence electrons. The van der Waals surface area contributed by atoms with Gasteiger partial charge in [0.05, 0.1) is 40.3 Å². The lowest BCUT2D eigenvalue weighted by Crippen LogP contribution is -2.55. The molecule has 0 aliphatic carbocycles. The standard InChI is InChI=1S/C56H93NO7/c1-6-8-10-12-14-16-18-20-22-24-26-27-29-30-32-34-36-38-40-42-44-46-54(58)63-51-52(50-62-49-48-53(56(60)61)57(3,4)5)64-55(59)47-45-43-41-39-37-35-33-31-28-25-23-21-19-17-15-13-11-9-7-2/h9,11,14-17,20-23,26-27,30,32,36,38,52-53H,6-8,10,12-13,18-19,24-25,28-29,31,33-35,37,39-51H2,1-5H3/b11-9+,16-14+,17-15+,22-20+,23-21+,27-26+,32-30+,38-36+. The predicted molar refractivity (Wildman–Crippen MR) is 268 cm³/mol. The van der Waals surface area contributed by atoms with Gasteiger partial charge in [-0.15, -0.1) is 0 Å². The molecule has 2 atom stereocenters. The third-order valence-electron chi connectivity index (χ3n) is 10.7. The highest BCUT2D eigenvalue weighted by atomic mass is 16.6. The number of aliphatic carboxylic acids is 1. The Bertz CT molecular complexity index is 1360. The first-order valence-corrected chi connectivity index (χ1v) is 25.3. The van der Waals surface area contributed by atoms with Gasteiger partial charge in [-0.2, -0.15) is 0 Å². The molecule has 0 aromatic carbocycles. The molecule has 0 amide bonds. The molecule has 0 radical (unpaired) electrons. The highest BCUT2D eigenvalue weighted by Crippen LogP contribution is 2.14. The number of rotatable bonds is 44. The highest BCUT2D eigenvalue weighted by Gasteiger charge is 2.25. The average molecular weight is 892 g/mol. The number of likely N-dealkylation sites (N-methyl/N-ethyl adjacent to an activating group) is 1. The van der Waals surface area contributed by atoms with E-state index in [1.54, 1.807) is 21.1 Å². The van der Waals surface area contributed by atoms with Gasteiger partial charge in [-0.25, -0.2) is 0 Å². The summed E-state index contributed by atoms with van der Waals surface area (Å²) in [6, 6.07) is -0.740. The Balaban J connectivity index is 4.37. The molecule has 0 bridgehead atoms. The van der Waals surface area contributed by atoms with Gasteiger partial charge in [0.25, 0.3) is 0 Å². The summed E-state index contributed by atoms with van der Waals surface area (Å²) in [6.45, 7) is 4.47. The van der Waals surface area contributed by atoms with Crippen LogP contribution >= 0.6 is 0 Å². The van der Waals surface area contributed by atoms with Gasteiger partial charge in [0.15, 0.2) is 6.10 Å². The maximum atomic E-state index is 12.8. The fourth-order valence-electron chi connectivity index (χ4n) is 6.81. The van der Waals surface area contributed by atoms with E-state index in [-0.39, 0.29) is 49.1 Å². The van der Waals surface area contributed by atoms with Crippen LogP contribution in [0.5, 0.6) is 0 Å². The maximum Gasteiger partial charge on any atom is 0.306 e. The summed E-state index contributed by atoms with van der Waals surface area (Å²) in [6.07, 6.45) is 61.5. The molecule has 0 saturated carbocycles. The number of carbonyl (C=O) groups is 3. The molecule has 0 heterocycles. The van der Waals surface area contributed by atoms with Crippen molar-refractivity contribution in [1.29, 1.82) is 0 Å². The van der Waals surface area contributed by atoms with E-state index in [1.807, 2.05) is 0 Å². The van der Waals surface area contributed by atoms with E-state index in [0.29, 0.717) is 12.8 Å². The third-order valence-corrected chi connectivity index (χ3v) is 10.7. The van der Waals surface area contributed by atoms with Crippen LogP contribution in [0, 0.1) is 0 Å². The Labute approximate surface area is 392 Å². The third kappa shape index (κ3) is 43.5. The Morgan fingerprint density at radius 3 is 1.33 bits per heavy atom. The maximum absolute atomic E-state index is 12.8. The fourth-order valence-corrected chi connectivity index (χ4v) is 6.81. The second kappa shape index (κ2) is 45.8. The van der Waals surface area contributed by atoms with Crippen LogP contribution in [0.15, 0.2) is 97.2 Å². The molecule has 0 aliphatic rings. The molecule has 0 aromatic rings. The van der Waals surface area contributed by atoms with Crippen molar-refractivity contribution in [3.05, 3.63) is 97.2 Å². The first kappa shape index (κ1) is 60.2. The van der Waals surface area contributed by atoms with Crippen molar-refractivity contribution in [2.75, 3.05) is 41.0 Å². The summed E-state index contributed by atoms with van der Waals surface area (Å²) < 4.78 is 17.2. The summed E-state index contributed by atoms with van der Waals surface area (Å²) >= 11 is 0. The molecule has 0 saturated heterocycles. The van der Waals surface area contributed by atoms with Crippen molar-refractivity contribution >= 4 is 17.9 Å². The van der Waals surface area contributed by atoms with Crippen LogP contribution in [0.3, 0.4) is 0 Å². The molecule has 2 unspecified atom stereocenters. The zero-order valence-corrected chi connectivity index (χ0v) is 41.4. The average Bonchev–Trinajstić information content (AvgIpc) is 3.26. The van der Waals surface area contributed by atoms with Crippen molar-refractivity contribution in [3.63, 3.8) is 0 Å². The molecule has 0 rings (SSSR count). The minimum atomic E-state index is -1.14. The van der Waals surface area contributed by atoms with Gasteiger partial charge in [-0.05, 0) is 96.3 Å². The van der Waals surface area contributed by atoms with E-state index < -0.39 is 18.1 Å². The summed E-state index contributed by atoms with van der Waals surface area (Å²) in [4.78, 5) is 37.0. The van der Waals surface area contributed by atoms with Gasteiger partial charge in [0.1, 0.15) is 12.6 Å². The van der Waals surface area contributed by atoms with Crippen LogP contribution < -0.4 is 5.11 Å². The van der Waals surface area contributed by atoms with E-state index in [9.17, 15) is 19.5 Å². The van der Waals surface area contributed by atoms with Gasteiger partial charge in [-0.3, -0.25) is 9.59 Å². The quantitative estimate of drug-likeness (QED) is 0.0260. The Morgan fingerprint density at radius 2 is 0.875 bits per heavy atom. The van der Waals surface area contributed by atoms with Crippen molar-refractivity contribution in [2.45, 2.75) is 199 Å². The first-order valence-electron chi connectivity index (χ1n) is 25.3. The van der Waals surface area contributed by atoms with Gasteiger partial charge >= 0.3 is 11.9 Å². The number of esters is 2. The highest BCUT2D eigenvalue weighted by molar-refractivity contribution is 5.70. The van der Waals surface area contributed by atoms with Gasteiger partial charge in [0.2, 0.25) is 0 Å². The number of carboxylic acid groups (broad SMARTS) is 1. The molecular formula is C56H93NO7. The lowest BCUT2D eigenvalue weighted by atomic mass is 10.1. The SMILES string of the molecule is CC/C=C/C/C=C/C/C=C/CCCCCCCCCCCC(=O)OC(COCCC(C(=O)[O-])[N+](C)(C)C)COC(=O)CCCC/C=C/C/C=C/C/C=C/C/C=C/C/C=C/CCCCC. The summed E-state index contributed by atoms with van der Waals surface area (Å²) in [5, 5.41) is 11.7. The van der Waals surface area contributed by atoms with Crippen LogP contribution in [0.25, 0.3) is 0 Å². The van der Waals surface area contributed by atoms with Crippen LogP contribution in [0.2, 0.25) is 0 Å². The van der Waals surface area contributed by atoms with Gasteiger partial charge in [0, 0.05) is 19.3 Å². The minimum absolute atomic E-state index is 0.0188. The van der Waals surface area contributed by atoms with Gasteiger partial charge < -0.3 is 28.6 Å². The minimum Gasteiger partial charge on any atom is -0.544 e. The summed E-state index contributed by atoms with van der Waals surface area (Å²) in [5.41, 5.74) is 0. The van der Waals surface area contributed by atoms with Crippen LogP contribution in [0.1, 0.15) is 187 Å². The second-order valence-electron chi connectivity index (χ2n) is 17.7. The lowest BCUT2D eigenvalue weighted by molar-refractivity contribution is -0.889. The van der Waals surface area contributed by atoms with Crippen LogP contribution in [-0.4, -0.2) is 75.5 Å². The topological polar surface area (TPSA) is 102 Å². The number of hydrogen-bond acceptors (Lipinski definition) is 7. The first-order chi connectivity index (χ1) is 31.1. The molecule has 0 fully saturated rings. The van der Waals surface area contributed by atoms with E-state index in [4.69, 9.17) is 14.2 Å². The number of ether oxygens (including phenoxy) is 3. The smallest absolute Gasteiger partial charge is 0.306 e. The number of quaternary nitrogens is 1. The number of allylic oxidation sites excluding steroid dienone is 16. The Hall–Kier alpha value is -3.75. The van der Waals surface area contributed by atoms with Crippen molar-refractivity contribution in [3.8, 4) is 0 Å². The molecule has 8 nitrogen and oxygen atoms in total. The molecule has 0 aromatic heterocycles. The van der Waals surface area contributed by atoms with E-state index in [1.165, 1.54) is 64.2 Å². The largest absolute Gasteiger partial charge is 0.544 e. The van der Waals surface area contributed by atoms with Crippen molar-refractivity contribution < 1.29 is 38.2 Å². The fraction of sp³-hybridized carbons (Fsp3) is 0.661. The Kier molecular flexibility index (Phi) is 43.1. The molecule has 0 spiro atoms. The number of nitrogens with zero attached hydrogens (tertiary/aromatic N) is 1. The molecule has 0 aliphatic heterocycles.